The van der Waals surface area contributed by atoms with E-state index in [0.717, 1.165) is 18.7 Å². The Hall–Kier alpha value is -1.77. The van der Waals surface area contributed by atoms with Crippen molar-refractivity contribution in [3.05, 3.63) is 42.0 Å². The van der Waals surface area contributed by atoms with Gasteiger partial charge in [-0.3, -0.25) is 4.79 Å². The van der Waals surface area contributed by atoms with Crippen molar-refractivity contribution in [2.24, 2.45) is 5.73 Å². The largest absolute Gasteiger partial charge is 0.385 e. The van der Waals surface area contributed by atoms with Gasteiger partial charge in [-0.1, -0.05) is 24.3 Å². The zero-order valence-electron chi connectivity index (χ0n) is 8.86. The number of nitrogens with one attached hydrogen (secondary N) is 1. The number of anilines is 1. The number of hydrogen-bond acceptors (Lipinski definition) is 2. The van der Waals surface area contributed by atoms with Gasteiger partial charge in [0.2, 0.25) is 5.91 Å². The highest BCUT2D eigenvalue weighted by atomic mass is 16.1. The molecule has 0 aromatic heterocycles. The van der Waals surface area contributed by atoms with Crippen LogP contribution in [0.5, 0.6) is 0 Å². The molecule has 80 valence electrons. The molecule has 1 rings (SSSR count). The lowest BCUT2D eigenvalue weighted by Gasteiger charge is -2.03. The summed E-state index contributed by atoms with van der Waals surface area (Å²) < 4.78 is 0. The van der Waals surface area contributed by atoms with Crippen molar-refractivity contribution in [2.75, 3.05) is 11.9 Å². The molecule has 0 saturated heterocycles. The van der Waals surface area contributed by atoms with Crippen LogP contribution in [0.25, 0.3) is 0 Å². The van der Waals surface area contributed by atoms with Gasteiger partial charge in [0, 0.05) is 17.8 Å². The Bertz CT molecular complexity index is 344. The lowest BCUT2D eigenvalue weighted by atomic mass is 10.2. The lowest BCUT2D eigenvalue weighted by Crippen LogP contribution is -2.12. The number of carbonyl (C=O) groups is 1. The van der Waals surface area contributed by atoms with Gasteiger partial charge in [0.15, 0.2) is 0 Å². The van der Waals surface area contributed by atoms with Crippen LogP contribution in [0.15, 0.2) is 42.0 Å². The SMILES string of the molecule is CC(=CCCNc1ccccc1)C(N)=O. The molecule has 0 radical (unpaired) electrons. The molecule has 0 aliphatic rings. The third-order valence-electron chi connectivity index (χ3n) is 2.09. The summed E-state index contributed by atoms with van der Waals surface area (Å²) in [6.07, 6.45) is 2.64. The van der Waals surface area contributed by atoms with Gasteiger partial charge in [0.05, 0.1) is 0 Å². The number of rotatable bonds is 5. The molecule has 1 aromatic rings. The van der Waals surface area contributed by atoms with Crippen LogP contribution in [0.1, 0.15) is 13.3 Å². The molecule has 0 heterocycles. The Morgan fingerprint density at radius 2 is 2.07 bits per heavy atom. The second-order valence-corrected chi connectivity index (χ2v) is 3.33. The third kappa shape index (κ3) is 4.31. The number of primary amides is 1. The van der Waals surface area contributed by atoms with E-state index in [1.165, 1.54) is 0 Å². The van der Waals surface area contributed by atoms with Crippen LogP contribution in [0.3, 0.4) is 0 Å². The first-order valence-corrected chi connectivity index (χ1v) is 4.95. The molecule has 3 heteroatoms. The second-order valence-electron chi connectivity index (χ2n) is 3.33. The zero-order valence-corrected chi connectivity index (χ0v) is 8.86. The van der Waals surface area contributed by atoms with Gasteiger partial charge in [-0.15, -0.1) is 0 Å². The highest BCUT2D eigenvalue weighted by Crippen LogP contribution is 2.04. The van der Waals surface area contributed by atoms with Crippen molar-refractivity contribution in [3.8, 4) is 0 Å². The Labute approximate surface area is 90.0 Å². The van der Waals surface area contributed by atoms with Crippen LogP contribution >= 0.6 is 0 Å². The summed E-state index contributed by atoms with van der Waals surface area (Å²) in [5.41, 5.74) is 6.80. The summed E-state index contributed by atoms with van der Waals surface area (Å²) in [5.74, 6) is -0.352. The van der Waals surface area contributed by atoms with E-state index < -0.39 is 0 Å². The average Bonchev–Trinajstić information content (AvgIpc) is 2.25. The third-order valence-corrected chi connectivity index (χ3v) is 2.09. The molecule has 0 bridgehead atoms. The Balaban J connectivity index is 2.29. The number of carbonyl (C=O) groups excluding carboxylic acids is 1. The van der Waals surface area contributed by atoms with Crippen LogP contribution in [-0.2, 0) is 4.79 Å². The fraction of sp³-hybridized carbons (Fsp3) is 0.250. The molecule has 1 amide bonds. The highest BCUT2D eigenvalue weighted by molar-refractivity contribution is 5.91. The quantitative estimate of drug-likeness (QED) is 0.568. The maximum Gasteiger partial charge on any atom is 0.244 e. The maximum absolute atomic E-state index is 10.7. The van der Waals surface area contributed by atoms with Crippen LogP contribution < -0.4 is 11.1 Å². The van der Waals surface area contributed by atoms with Crippen molar-refractivity contribution < 1.29 is 4.79 Å². The minimum absolute atomic E-state index is 0.352. The second kappa shape index (κ2) is 5.86. The van der Waals surface area contributed by atoms with Crippen molar-refractivity contribution in [2.45, 2.75) is 13.3 Å². The molecule has 0 aliphatic heterocycles. The summed E-state index contributed by atoms with van der Waals surface area (Å²) >= 11 is 0. The molecule has 3 N–H and O–H groups in total. The molecule has 15 heavy (non-hydrogen) atoms. The first-order valence-electron chi connectivity index (χ1n) is 4.95. The number of amides is 1. The Morgan fingerprint density at radius 1 is 1.40 bits per heavy atom. The molecule has 0 saturated carbocycles. The van der Waals surface area contributed by atoms with Crippen LogP contribution in [0, 0.1) is 0 Å². The summed E-state index contributed by atoms with van der Waals surface area (Å²) in [6.45, 7) is 2.53. The molecule has 0 unspecified atom stereocenters. The number of para-hydroxylation sites is 1. The van der Waals surface area contributed by atoms with Gasteiger partial charge in [-0.2, -0.15) is 0 Å². The van der Waals surface area contributed by atoms with Crippen LogP contribution in [-0.4, -0.2) is 12.5 Å². The standard InChI is InChI=1S/C12H16N2O/c1-10(12(13)15)6-5-9-14-11-7-3-2-4-8-11/h2-4,6-8,14H,5,9H2,1H3,(H2,13,15). The highest BCUT2D eigenvalue weighted by Gasteiger charge is 1.95. The fourth-order valence-electron chi connectivity index (χ4n) is 1.16. The maximum atomic E-state index is 10.7. The number of hydrogen-bond donors (Lipinski definition) is 2. The van der Waals surface area contributed by atoms with Crippen molar-refractivity contribution in [1.29, 1.82) is 0 Å². The van der Waals surface area contributed by atoms with E-state index in [4.69, 9.17) is 5.73 Å². The van der Waals surface area contributed by atoms with Crippen molar-refractivity contribution in [3.63, 3.8) is 0 Å². The summed E-state index contributed by atoms with van der Waals surface area (Å²) in [4.78, 5) is 10.7. The topological polar surface area (TPSA) is 55.1 Å². The summed E-state index contributed by atoms with van der Waals surface area (Å²) in [5, 5.41) is 3.24. The van der Waals surface area contributed by atoms with E-state index in [1.54, 1.807) is 6.92 Å². The number of benzene rings is 1. The van der Waals surface area contributed by atoms with Crippen LogP contribution in [0.2, 0.25) is 0 Å². The first kappa shape index (κ1) is 11.3. The van der Waals surface area contributed by atoms with E-state index in [9.17, 15) is 4.79 Å². The van der Waals surface area contributed by atoms with Crippen LogP contribution in [0.4, 0.5) is 5.69 Å². The van der Waals surface area contributed by atoms with Gasteiger partial charge in [0.25, 0.3) is 0 Å². The summed E-state index contributed by atoms with van der Waals surface area (Å²) in [6, 6.07) is 9.94. The molecule has 0 aliphatic carbocycles. The molecular formula is C12H16N2O. The molecule has 0 atom stereocenters. The fourth-order valence-corrected chi connectivity index (χ4v) is 1.16. The Kier molecular flexibility index (Phi) is 4.41. The predicted molar refractivity (Wildman–Crippen MR) is 62.5 cm³/mol. The van der Waals surface area contributed by atoms with E-state index >= 15 is 0 Å². The lowest BCUT2D eigenvalue weighted by molar-refractivity contribution is -0.114. The Morgan fingerprint density at radius 3 is 2.67 bits per heavy atom. The van der Waals surface area contributed by atoms with Gasteiger partial charge in [-0.05, 0) is 25.5 Å². The van der Waals surface area contributed by atoms with E-state index in [-0.39, 0.29) is 5.91 Å². The predicted octanol–water partition coefficient (Wildman–Crippen LogP) is 1.92. The monoisotopic (exact) mass is 204 g/mol. The van der Waals surface area contributed by atoms with Gasteiger partial charge in [-0.25, -0.2) is 0 Å². The van der Waals surface area contributed by atoms with E-state index in [2.05, 4.69) is 5.32 Å². The minimum Gasteiger partial charge on any atom is -0.385 e. The smallest absolute Gasteiger partial charge is 0.244 e. The normalized spacial score (nSPS) is 11.1. The first-order chi connectivity index (χ1) is 7.20. The molecule has 3 nitrogen and oxygen atoms in total. The van der Waals surface area contributed by atoms with E-state index in [0.29, 0.717) is 5.57 Å². The molecule has 1 aromatic carbocycles. The van der Waals surface area contributed by atoms with Gasteiger partial charge < -0.3 is 11.1 Å². The number of nitrogens with two attached hydrogens (primary N) is 1. The average molecular weight is 204 g/mol. The van der Waals surface area contributed by atoms with Crippen molar-refractivity contribution in [1.82, 2.24) is 0 Å². The molecular weight excluding hydrogens is 188 g/mol. The zero-order chi connectivity index (χ0) is 11.1. The van der Waals surface area contributed by atoms with Gasteiger partial charge in [0.1, 0.15) is 0 Å². The minimum atomic E-state index is -0.352. The van der Waals surface area contributed by atoms with Gasteiger partial charge >= 0.3 is 0 Å². The van der Waals surface area contributed by atoms with E-state index in [1.807, 2.05) is 36.4 Å². The summed E-state index contributed by atoms with van der Waals surface area (Å²) in [7, 11) is 0. The molecule has 0 spiro atoms. The van der Waals surface area contributed by atoms with Crippen molar-refractivity contribution >= 4 is 11.6 Å². The molecule has 0 fully saturated rings.